The molecule has 0 aliphatic carbocycles. The van der Waals surface area contributed by atoms with Crippen molar-refractivity contribution in [1.82, 2.24) is 0 Å². The Morgan fingerprint density at radius 2 is 0.714 bits per heavy atom. The van der Waals surface area contributed by atoms with E-state index in [1.165, 1.54) is 0 Å². The van der Waals surface area contributed by atoms with Crippen LogP contribution in [0.5, 0.6) is 23.0 Å². The number of hydrogen-bond donors (Lipinski definition) is 0. The van der Waals surface area contributed by atoms with E-state index in [-0.39, 0.29) is 11.9 Å². The largest absolute Gasteiger partial charge is 0.494 e. The van der Waals surface area contributed by atoms with Gasteiger partial charge in [-0.05, 0) is 149 Å². The summed E-state index contributed by atoms with van der Waals surface area (Å²) in [5.41, 5.74) is 3.41. The molecule has 0 atom stereocenters. The summed E-state index contributed by atoms with van der Waals surface area (Å²) in [6.45, 7) is 12.3. The van der Waals surface area contributed by atoms with Gasteiger partial charge in [0.15, 0.2) is 0 Å². The number of carbonyl (C=O) groups excluding carboxylic acids is 4. The fourth-order valence-corrected chi connectivity index (χ4v) is 5.21. The van der Waals surface area contributed by atoms with Crippen molar-refractivity contribution in [2.24, 2.45) is 0 Å². The molecule has 0 amide bonds. The molecule has 0 saturated carbocycles. The predicted octanol–water partition coefficient (Wildman–Crippen LogP) is 9.91. The summed E-state index contributed by atoms with van der Waals surface area (Å²) < 4.78 is 32.9. The standard InChI is InChI=1S/C46H50O10/c1-33(2)43(47)53-31-11-7-5-9-29-51-39-21-17-37(18-22-39)45(49)55-41-25-13-35(14-26-41)36-15-27-42(28-16-36)56-46(50)38-19-23-40(24-20-38)52-30-10-6-8-12-32-54-44(48)34(3)4/h13-28H,1,3,5-12,29-32H2,2,4H3. The average Bonchev–Trinajstić information content (AvgIpc) is 3.20. The summed E-state index contributed by atoms with van der Waals surface area (Å²) in [4.78, 5) is 48.3. The lowest BCUT2D eigenvalue weighted by molar-refractivity contribution is -0.139. The zero-order valence-electron chi connectivity index (χ0n) is 32.2. The third-order valence-corrected chi connectivity index (χ3v) is 8.42. The lowest BCUT2D eigenvalue weighted by atomic mass is 10.1. The Labute approximate surface area is 329 Å². The topological polar surface area (TPSA) is 124 Å². The van der Waals surface area contributed by atoms with Gasteiger partial charge in [0.2, 0.25) is 0 Å². The summed E-state index contributed by atoms with van der Waals surface area (Å²) in [6.07, 6.45) is 7.08. The van der Waals surface area contributed by atoms with Crippen LogP contribution in [0.15, 0.2) is 121 Å². The Bertz CT molecular complexity index is 1750. The van der Waals surface area contributed by atoms with Crippen molar-refractivity contribution in [1.29, 1.82) is 0 Å². The molecular formula is C46H50O10. The molecular weight excluding hydrogens is 712 g/mol. The van der Waals surface area contributed by atoms with E-state index in [0.717, 1.165) is 62.5 Å². The van der Waals surface area contributed by atoms with E-state index in [4.69, 9.17) is 28.4 Å². The van der Waals surface area contributed by atoms with Crippen molar-refractivity contribution in [3.8, 4) is 34.1 Å². The third kappa shape index (κ3) is 14.9. The van der Waals surface area contributed by atoms with Gasteiger partial charge in [0, 0.05) is 11.1 Å². The van der Waals surface area contributed by atoms with Crippen LogP contribution < -0.4 is 18.9 Å². The van der Waals surface area contributed by atoms with Crippen LogP contribution in [-0.2, 0) is 19.1 Å². The number of ether oxygens (including phenoxy) is 6. The fraction of sp³-hybridized carbons (Fsp3) is 0.304. The molecule has 56 heavy (non-hydrogen) atoms. The summed E-state index contributed by atoms with van der Waals surface area (Å²) in [5.74, 6) is 0.483. The van der Waals surface area contributed by atoms with Crippen LogP contribution in [0.4, 0.5) is 0 Å². The van der Waals surface area contributed by atoms with E-state index in [1.54, 1.807) is 86.6 Å². The maximum absolute atomic E-state index is 12.7. The van der Waals surface area contributed by atoms with Gasteiger partial charge in [-0.15, -0.1) is 0 Å². The Balaban J connectivity index is 1.12. The second kappa shape index (κ2) is 22.9. The Morgan fingerprint density at radius 1 is 0.411 bits per heavy atom. The summed E-state index contributed by atoms with van der Waals surface area (Å²) in [5, 5.41) is 0. The molecule has 4 rings (SSSR count). The molecule has 0 heterocycles. The van der Waals surface area contributed by atoms with Gasteiger partial charge in [-0.25, -0.2) is 19.2 Å². The first-order chi connectivity index (χ1) is 27.1. The van der Waals surface area contributed by atoms with E-state index < -0.39 is 11.9 Å². The van der Waals surface area contributed by atoms with Crippen LogP contribution in [-0.4, -0.2) is 50.3 Å². The highest BCUT2D eigenvalue weighted by Gasteiger charge is 2.12. The Hall–Kier alpha value is -6.16. The van der Waals surface area contributed by atoms with E-state index >= 15 is 0 Å². The van der Waals surface area contributed by atoms with E-state index in [0.29, 0.717) is 71.7 Å². The number of hydrogen-bond acceptors (Lipinski definition) is 10. The zero-order valence-corrected chi connectivity index (χ0v) is 32.2. The molecule has 0 unspecified atom stereocenters. The molecule has 0 radical (unpaired) electrons. The molecule has 10 nitrogen and oxygen atoms in total. The van der Waals surface area contributed by atoms with Gasteiger partial charge >= 0.3 is 23.9 Å². The first-order valence-electron chi connectivity index (χ1n) is 18.8. The Morgan fingerprint density at radius 3 is 1.04 bits per heavy atom. The monoisotopic (exact) mass is 762 g/mol. The molecule has 294 valence electrons. The minimum absolute atomic E-state index is 0.356. The van der Waals surface area contributed by atoms with Crippen molar-refractivity contribution in [3.05, 3.63) is 132 Å². The molecule has 0 aliphatic rings. The van der Waals surface area contributed by atoms with Gasteiger partial charge in [0.25, 0.3) is 0 Å². The SMILES string of the molecule is C=C(C)C(=O)OCCCCCCOc1ccc(C(=O)Oc2ccc(-c3ccc(OC(=O)c4ccc(OCCCCCCOC(=O)C(=C)C)cc4)cc3)cc2)cc1. The van der Waals surface area contributed by atoms with Crippen LogP contribution in [0.25, 0.3) is 11.1 Å². The molecule has 0 fully saturated rings. The first kappa shape index (κ1) is 42.6. The molecule has 0 N–H and O–H groups in total. The van der Waals surface area contributed by atoms with Crippen LogP contribution >= 0.6 is 0 Å². The molecule has 0 aromatic heterocycles. The average molecular weight is 763 g/mol. The maximum atomic E-state index is 12.7. The van der Waals surface area contributed by atoms with Crippen molar-refractivity contribution in [2.75, 3.05) is 26.4 Å². The van der Waals surface area contributed by atoms with Gasteiger partial charge in [-0.3, -0.25) is 0 Å². The highest BCUT2D eigenvalue weighted by atomic mass is 16.5. The van der Waals surface area contributed by atoms with Crippen LogP contribution in [0.1, 0.15) is 85.9 Å². The van der Waals surface area contributed by atoms with Gasteiger partial charge in [0.1, 0.15) is 23.0 Å². The van der Waals surface area contributed by atoms with Crippen molar-refractivity contribution in [3.63, 3.8) is 0 Å². The summed E-state index contributed by atoms with van der Waals surface area (Å²) in [7, 11) is 0. The van der Waals surface area contributed by atoms with E-state index in [1.807, 2.05) is 24.3 Å². The third-order valence-electron chi connectivity index (χ3n) is 8.42. The van der Waals surface area contributed by atoms with Crippen molar-refractivity contribution in [2.45, 2.75) is 65.2 Å². The number of carbonyl (C=O) groups is 4. The van der Waals surface area contributed by atoms with Crippen LogP contribution in [0.2, 0.25) is 0 Å². The highest BCUT2D eigenvalue weighted by Crippen LogP contribution is 2.26. The highest BCUT2D eigenvalue weighted by molar-refractivity contribution is 5.92. The zero-order chi connectivity index (χ0) is 40.1. The quantitative estimate of drug-likeness (QED) is 0.0312. The Kier molecular flexibility index (Phi) is 17.4. The van der Waals surface area contributed by atoms with Crippen molar-refractivity contribution < 1.29 is 47.6 Å². The molecule has 4 aromatic rings. The fourth-order valence-electron chi connectivity index (χ4n) is 5.21. The van der Waals surface area contributed by atoms with Gasteiger partial charge in [-0.1, -0.05) is 37.4 Å². The van der Waals surface area contributed by atoms with Gasteiger partial charge in [0.05, 0.1) is 37.6 Å². The molecule has 0 aliphatic heterocycles. The van der Waals surface area contributed by atoms with Gasteiger partial charge in [-0.2, -0.15) is 0 Å². The minimum atomic E-state index is -0.478. The number of benzene rings is 4. The summed E-state index contributed by atoms with van der Waals surface area (Å²) >= 11 is 0. The van der Waals surface area contributed by atoms with Gasteiger partial charge < -0.3 is 28.4 Å². The number of esters is 4. The minimum Gasteiger partial charge on any atom is -0.494 e. The lowest BCUT2D eigenvalue weighted by Crippen LogP contribution is -2.08. The van der Waals surface area contributed by atoms with Crippen LogP contribution in [0, 0.1) is 0 Å². The second-order valence-electron chi connectivity index (χ2n) is 13.2. The molecule has 0 saturated heterocycles. The normalized spacial score (nSPS) is 10.5. The maximum Gasteiger partial charge on any atom is 0.343 e. The van der Waals surface area contributed by atoms with E-state index in [2.05, 4.69) is 13.2 Å². The molecule has 4 aromatic carbocycles. The second-order valence-corrected chi connectivity index (χ2v) is 13.2. The lowest BCUT2D eigenvalue weighted by Gasteiger charge is -2.09. The predicted molar refractivity (Wildman–Crippen MR) is 214 cm³/mol. The smallest absolute Gasteiger partial charge is 0.343 e. The number of unbranched alkanes of at least 4 members (excludes halogenated alkanes) is 6. The summed E-state index contributed by atoms with van der Waals surface area (Å²) in [6, 6.07) is 27.9. The number of rotatable bonds is 23. The molecule has 0 spiro atoms. The molecule has 0 bridgehead atoms. The molecule has 10 heteroatoms. The van der Waals surface area contributed by atoms with E-state index in [9.17, 15) is 19.2 Å². The van der Waals surface area contributed by atoms with Crippen molar-refractivity contribution >= 4 is 23.9 Å². The first-order valence-corrected chi connectivity index (χ1v) is 18.8. The van der Waals surface area contributed by atoms with Crippen LogP contribution in [0.3, 0.4) is 0 Å².